The van der Waals surface area contributed by atoms with Crippen LogP contribution in [0, 0.1) is 0 Å². The predicted octanol–water partition coefficient (Wildman–Crippen LogP) is 6.65. The summed E-state index contributed by atoms with van der Waals surface area (Å²) in [6.45, 7) is 3.66. The predicted molar refractivity (Wildman–Crippen MR) is 130 cm³/mol. The van der Waals surface area contributed by atoms with Crippen LogP contribution in [0.1, 0.15) is 40.1 Å². The summed E-state index contributed by atoms with van der Waals surface area (Å²) in [5.74, 6) is -0.777. The minimum absolute atomic E-state index is 0.229. The van der Waals surface area contributed by atoms with Crippen molar-refractivity contribution in [3.8, 4) is 11.3 Å². The molecule has 0 aliphatic carbocycles. The Kier molecular flexibility index (Phi) is 6.47. The van der Waals surface area contributed by atoms with Crippen LogP contribution in [0.3, 0.4) is 0 Å². The molecule has 1 aromatic heterocycles. The zero-order valence-corrected chi connectivity index (χ0v) is 19.4. The van der Waals surface area contributed by atoms with Gasteiger partial charge in [-0.25, -0.2) is 9.78 Å². The highest BCUT2D eigenvalue weighted by Crippen LogP contribution is 2.27. The fraction of sp³-hybridized carbons (Fsp3) is 0.148. The van der Waals surface area contributed by atoms with Crippen LogP contribution >= 0.6 is 15.9 Å². The molecule has 1 heterocycles. The summed E-state index contributed by atoms with van der Waals surface area (Å²) in [4.78, 5) is 30.6. The van der Waals surface area contributed by atoms with Crippen LogP contribution in [0.15, 0.2) is 83.3 Å². The summed E-state index contributed by atoms with van der Waals surface area (Å²) in [6.07, 6.45) is -0.00695. The van der Waals surface area contributed by atoms with Gasteiger partial charge in [0.05, 0.1) is 16.8 Å². The number of hydrogen-bond donors (Lipinski definition) is 0. The minimum atomic E-state index is -0.905. The number of carbonyl (C=O) groups is 2. The molecular weight excluding hydrogens is 466 g/mol. The van der Waals surface area contributed by atoms with Crippen molar-refractivity contribution in [1.82, 2.24) is 4.98 Å². The van der Waals surface area contributed by atoms with E-state index in [-0.39, 0.29) is 5.78 Å². The second kappa shape index (κ2) is 9.45. The van der Waals surface area contributed by atoms with Crippen molar-refractivity contribution in [3.63, 3.8) is 0 Å². The van der Waals surface area contributed by atoms with Gasteiger partial charge in [-0.05, 0) is 43.2 Å². The average Bonchev–Trinajstić information content (AvgIpc) is 2.83. The van der Waals surface area contributed by atoms with Crippen LogP contribution in [0.25, 0.3) is 22.2 Å². The molecule has 0 bridgehead atoms. The first-order chi connectivity index (χ1) is 15.5. The molecule has 5 heteroatoms. The van der Waals surface area contributed by atoms with Gasteiger partial charge < -0.3 is 4.74 Å². The van der Waals surface area contributed by atoms with Crippen molar-refractivity contribution in [2.45, 2.75) is 26.4 Å². The molecule has 0 N–H and O–H groups in total. The maximum atomic E-state index is 13.1. The Bertz CT molecular complexity index is 1280. The maximum absolute atomic E-state index is 13.1. The van der Waals surface area contributed by atoms with Crippen molar-refractivity contribution < 1.29 is 14.3 Å². The summed E-state index contributed by atoms with van der Waals surface area (Å²) in [7, 11) is 0. The number of carbonyl (C=O) groups excluding carboxylic acids is 2. The van der Waals surface area contributed by atoms with Gasteiger partial charge in [0, 0.05) is 21.0 Å². The lowest BCUT2D eigenvalue weighted by Crippen LogP contribution is -2.24. The summed E-state index contributed by atoms with van der Waals surface area (Å²) < 4.78 is 6.56. The highest BCUT2D eigenvalue weighted by molar-refractivity contribution is 9.10. The zero-order chi connectivity index (χ0) is 22.7. The Morgan fingerprint density at radius 3 is 2.34 bits per heavy atom. The monoisotopic (exact) mass is 487 g/mol. The SMILES string of the molecule is CCc1ccc(C(=O)C(C)OC(=O)c2cc(-c3ccc(Br)cc3)nc3ccccc23)cc1. The van der Waals surface area contributed by atoms with Crippen molar-refractivity contribution in [2.75, 3.05) is 0 Å². The van der Waals surface area contributed by atoms with Gasteiger partial charge in [-0.3, -0.25) is 4.79 Å². The molecule has 0 aliphatic rings. The molecule has 3 aromatic carbocycles. The summed E-state index contributed by atoms with van der Waals surface area (Å²) in [5.41, 5.74) is 4.29. The molecule has 1 atom stereocenters. The number of benzene rings is 3. The van der Waals surface area contributed by atoms with E-state index in [0.717, 1.165) is 22.0 Å². The minimum Gasteiger partial charge on any atom is -0.451 e. The standard InChI is InChI=1S/C27H22BrNO3/c1-3-18-8-10-20(11-9-18)26(30)17(2)32-27(31)23-16-25(19-12-14-21(28)15-13-19)29-24-7-5-4-6-22(23)24/h4-17H,3H2,1-2H3. The van der Waals surface area contributed by atoms with Gasteiger partial charge in [0.25, 0.3) is 0 Å². The number of para-hydroxylation sites is 1. The number of ether oxygens (including phenoxy) is 1. The molecule has 1 unspecified atom stereocenters. The van der Waals surface area contributed by atoms with Crippen molar-refractivity contribution in [3.05, 3.63) is 100 Å². The number of ketones is 1. The second-order valence-electron chi connectivity index (χ2n) is 7.54. The number of aromatic nitrogens is 1. The highest BCUT2D eigenvalue weighted by Gasteiger charge is 2.22. The van der Waals surface area contributed by atoms with Crippen LogP contribution in [0.4, 0.5) is 0 Å². The van der Waals surface area contributed by atoms with Gasteiger partial charge in [-0.1, -0.05) is 77.5 Å². The molecule has 0 saturated carbocycles. The third-order valence-corrected chi connectivity index (χ3v) is 5.90. The van der Waals surface area contributed by atoms with Gasteiger partial charge in [-0.15, -0.1) is 0 Å². The maximum Gasteiger partial charge on any atom is 0.339 e. The van der Waals surface area contributed by atoms with E-state index in [2.05, 4.69) is 22.9 Å². The smallest absolute Gasteiger partial charge is 0.339 e. The number of pyridine rings is 1. The first kappa shape index (κ1) is 21.9. The molecule has 0 aliphatic heterocycles. The topological polar surface area (TPSA) is 56.3 Å². The van der Waals surface area contributed by atoms with Gasteiger partial charge in [-0.2, -0.15) is 0 Å². The van der Waals surface area contributed by atoms with Crippen LogP contribution in [0.5, 0.6) is 0 Å². The second-order valence-corrected chi connectivity index (χ2v) is 8.46. The lowest BCUT2D eigenvalue weighted by molar-refractivity contribution is 0.0320. The number of halogens is 1. The largest absolute Gasteiger partial charge is 0.451 e. The first-order valence-corrected chi connectivity index (χ1v) is 11.3. The van der Waals surface area contributed by atoms with Gasteiger partial charge >= 0.3 is 5.97 Å². The van der Waals surface area contributed by atoms with Crippen LogP contribution in [0.2, 0.25) is 0 Å². The third kappa shape index (κ3) is 4.63. The molecule has 4 aromatic rings. The van der Waals surface area contributed by atoms with Crippen LogP contribution in [-0.4, -0.2) is 22.8 Å². The van der Waals surface area contributed by atoms with E-state index in [1.807, 2.05) is 60.7 Å². The Hall–Kier alpha value is -3.31. The van der Waals surface area contributed by atoms with E-state index in [9.17, 15) is 9.59 Å². The van der Waals surface area contributed by atoms with Crippen LogP contribution in [-0.2, 0) is 11.2 Å². The molecule has 160 valence electrons. The molecule has 0 radical (unpaired) electrons. The summed E-state index contributed by atoms with van der Waals surface area (Å²) in [5, 5.41) is 0.685. The molecule has 32 heavy (non-hydrogen) atoms. The quantitative estimate of drug-likeness (QED) is 0.225. The van der Waals surface area contributed by atoms with E-state index in [0.29, 0.717) is 27.7 Å². The Morgan fingerprint density at radius 2 is 1.66 bits per heavy atom. The fourth-order valence-electron chi connectivity index (χ4n) is 3.53. The lowest BCUT2D eigenvalue weighted by atomic mass is 10.0. The highest BCUT2D eigenvalue weighted by atomic mass is 79.9. The Morgan fingerprint density at radius 1 is 0.969 bits per heavy atom. The third-order valence-electron chi connectivity index (χ3n) is 5.38. The Balaban J connectivity index is 1.64. The zero-order valence-electron chi connectivity index (χ0n) is 17.8. The van der Waals surface area contributed by atoms with Gasteiger partial charge in [0.1, 0.15) is 0 Å². The Labute approximate surface area is 195 Å². The summed E-state index contributed by atoms with van der Waals surface area (Å²) in [6, 6.07) is 24.3. The number of Topliss-reactive ketones (excluding diaryl/α,β-unsaturated/α-hetero) is 1. The number of hydrogen-bond acceptors (Lipinski definition) is 4. The first-order valence-electron chi connectivity index (χ1n) is 10.5. The van der Waals surface area contributed by atoms with Crippen molar-refractivity contribution in [2.24, 2.45) is 0 Å². The van der Waals surface area contributed by atoms with Gasteiger partial charge in [0.2, 0.25) is 5.78 Å². The van der Waals surface area contributed by atoms with E-state index < -0.39 is 12.1 Å². The molecule has 0 amide bonds. The van der Waals surface area contributed by atoms with Crippen molar-refractivity contribution in [1.29, 1.82) is 0 Å². The molecule has 0 spiro atoms. The molecule has 0 saturated heterocycles. The lowest BCUT2D eigenvalue weighted by Gasteiger charge is -2.14. The summed E-state index contributed by atoms with van der Waals surface area (Å²) >= 11 is 3.44. The molecule has 4 rings (SSSR count). The number of aryl methyl sites for hydroxylation is 1. The van der Waals surface area contributed by atoms with Crippen LogP contribution < -0.4 is 0 Å². The normalized spacial score (nSPS) is 11.8. The molecule has 0 fully saturated rings. The van der Waals surface area contributed by atoms with E-state index in [1.165, 1.54) is 0 Å². The molecular formula is C27H22BrNO3. The number of rotatable bonds is 6. The van der Waals surface area contributed by atoms with Gasteiger partial charge in [0.15, 0.2) is 6.10 Å². The fourth-order valence-corrected chi connectivity index (χ4v) is 3.79. The molecule has 4 nitrogen and oxygen atoms in total. The number of fused-ring (bicyclic) bond motifs is 1. The number of nitrogens with zero attached hydrogens (tertiary/aromatic N) is 1. The van der Waals surface area contributed by atoms with E-state index in [4.69, 9.17) is 9.72 Å². The van der Waals surface area contributed by atoms with E-state index in [1.54, 1.807) is 25.1 Å². The van der Waals surface area contributed by atoms with E-state index >= 15 is 0 Å². The average molecular weight is 488 g/mol. The van der Waals surface area contributed by atoms with Crippen molar-refractivity contribution >= 4 is 38.6 Å². The number of esters is 1.